The van der Waals surface area contributed by atoms with Gasteiger partial charge in [0.05, 0.1) is 11.5 Å². The van der Waals surface area contributed by atoms with Crippen molar-refractivity contribution < 1.29 is 28.8 Å². The summed E-state index contributed by atoms with van der Waals surface area (Å²) in [5.74, 6) is -0.915. The largest absolute Gasteiger partial charge is 0.462 e. The van der Waals surface area contributed by atoms with Crippen molar-refractivity contribution in [2.45, 2.75) is 33.3 Å². The zero-order valence-corrected chi connectivity index (χ0v) is 18.0. The molecular weight excluding hydrogens is 434 g/mol. The lowest BCUT2D eigenvalue weighted by Gasteiger charge is -2.26. The molecule has 10 heteroatoms. The van der Waals surface area contributed by atoms with Gasteiger partial charge in [0.1, 0.15) is 5.56 Å². The second-order valence-corrected chi connectivity index (χ2v) is 8.00. The van der Waals surface area contributed by atoms with Gasteiger partial charge in [-0.3, -0.25) is 0 Å². The van der Waals surface area contributed by atoms with Crippen molar-refractivity contribution >= 4 is 33.7 Å². The van der Waals surface area contributed by atoms with Crippen molar-refractivity contribution in [3.8, 4) is 5.75 Å². The molecule has 0 unspecified atom stereocenters. The topological polar surface area (TPSA) is 97.2 Å². The van der Waals surface area contributed by atoms with Gasteiger partial charge < -0.3 is 19.7 Å². The van der Waals surface area contributed by atoms with Crippen molar-refractivity contribution in [3.63, 3.8) is 0 Å². The Kier molecular flexibility index (Phi) is 7.36. The van der Waals surface area contributed by atoms with Crippen LogP contribution in [0.3, 0.4) is 0 Å². The Balaban J connectivity index is 2.45. The summed E-state index contributed by atoms with van der Waals surface area (Å²) >= 11 is 3.27. The number of nitrogens with zero attached hydrogens (tertiary/aromatic N) is 2. The summed E-state index contributed by atoms with van der Waals surface area (Å²) in [6.07, 6.45) is -0.653. The highest BCUT2D eigenvalue weighted by atomic mass is 79.9. The van der Waals surface area contributed by atoms with E-state index in [0.29, 0.717) is 30.7 Å². The third-order valence-corrected chi connectivity index (χ3v) is 4.11. The summed E-state index contributed by atoms with van der Waals surface area (Å²) in [5.41, 5.74) is -0.961. The third kappa shape index (κ3) is 5.90. The van der Waals surface area contributed by atoms with Gasteiger partial charge in [0.2, 0.25) is 5.75 Å². The standard InChI is InChI=1S/C18H25BrN3O6/c1-5-26-16(23)13-10-12(19)11-14(22(25)28-18(2,3)4)15(13)27-17(24)21-8-6-20-7-9-21/h10-11,20H,5-9H2,1-4H3/q+1. The molecule has 0 saturated carbocycles. The van der Waals surface area contributed by atoms with Crippen LogP contribution in [-0.4, -0.2) is 60.3 Å². The predicted molar refractivity (Wildman–Crippen MR) is 105 cm³/mol. The summed E-state index contributed by atoms with van der Waals surface area (Å²) in [7, 11) is 0. The molecule has 1 N–H and O–H groups in total. The molecule has 0 spiro atoms. The molecule has 1 amide bonds. The van der Waals surface area contributed by atoms with E-state index in [1.54, 1.807) is 27.7 Å². The van der Waals surface area contributed by atoms with Gasteiger partial charge in [0.15, 0.2) is 5.60 Å². The summed E-state index contributed by atoms with van der Waals surface area (Å²) < 4.78 is 11.0. The quantitative estimate of drug-likeness (QED) is 0.534. The summed E-state index contributed by atoms with van der Waals surface area (Å²) in [6.45, 7) is 9.08. The molecule has 28 heavy (non-hydrogen) atoms. The Labute approximate surface area is 172 Å². The molecule has 2 rings (SSSR count). The Hall–Kier alpha value is -2.20. The van der Waals surface area contributed by atoms with E-state index in [2.05, 4.69) is 21.2 Å². The second-order valence-electron chi connectivity index (χ2n) is 7.09. The number of hydrogen-bond donors (Lipinski definition) is 1. The molecule has 1 aliphatic heterocycles. The Morgan fingerprint density at radius 3 is 2.46 bits per heavy atom. The molecule has 0 bridgehead atoms. The third-order valence-electron chi connectivity index (χ3n) is 3.65. The molecule has 1 heterocycles. The molecule has 0 aromatic heterocycles. The number of halogens is 1. The van der Waals surface area contributed by atoms with Gasteiger partial charge in [-0.25, -0.2) is 14.4 Å². The first-order chi connectivity index (χ1) is 13.1. The van der Waals surface area contributed by atoms with Crippen LogP contribution in [0.1, 0.15) is 38.1 Å². The highest BCUT2D eigenvalue weighted by Gasteiger charge is 2.36. The first kappa shape index (κ1) is 22.1. The van der Waals surface area contributed by atoms with E-state index in [9.17, 15) is 14.5 Å². The van der Waals surface area contributed by atoms with Crippen molar-refractivity contribution in [3.05, 3.63) is 27.1 Å². The smallest absolute Gasteiger partial charge is 0.415 e. The minimum absolute atomic E-state index is 0.0481. The molecule has 154 valence electrons. The zero-order valence-electron chi connectivity index (χ0n) is 16.4. The fourth-order valence-electron chi connectivity index (χ4n) is 2.48. The highest BCUT2D eigenvalue weighted by Crippen LogP contribution is 2.37. The molecule has 1 fully saturated rings. The molecule has 1 aromatic rings. The average molecular weight is 459 g/mol. The molecular formula is C18H25BrN3O6+. The number of carbonyl (C=O) groups is 2. The summed E-state index contributed by atoms with van der Waals surface area (Å²) in [5, 5.41) is 3.13. The highest BCUT2D eigenvalue weighted by molar-refractivity contribution is 9.10. The van der Waals surface area contributed by atoms with Crippen LogP contribution in [0.2, 0.25) is 0 Å². The Morgan fingerprint density at radius 1 is 1.25 bits per heavy atom. The first-order valence-electron chi connectivity index (χ1n) is 8.97. The number of carbonyl (C=O) groups excluding carboxylic acids is 2. The lowest BCUT2D eigenvalue weighted by molar-refractivity contribution is -0.766. The fourth-order valence-corrected chi connectivity index (χ4v) is 2.93. The average Bonchev–Trinajstić information content (AvgIpc) is 2.62. The van der Waals surface area contributed by atoms with E-state index in [0.717, 1.165) is 0 Å². The summed E-state index contributed by atoms with van der Waals surface area (Å²) in [6, 6.07) is 2.86. The second kappa shape index (κ2) is 9.33. The maximum atomic E-state index is 12.6. The number of esters is 1. The number of hydrogen-bond acceptors (Lipinski definition) is 7. The number of nitrogens with one attached hydrogen (secondary N) is 1. The Morgan fingerprint density at radius 2 is 1.89 bits per heavy atom. The van der Waals surface area contributed by atoms with E-state index in [-0.39, 0.29) is 28.5 Å². The lowest BCUT2D eigenvalue weighted by Crippen LogP contribution is -2.47. The first-order valence-corrected chi connectivity index (χ1v) is 9.76. The Bertz CT molecular complexity index is 756. The van der Waals surface area contributed by atoms with Crippen molar-refractivity contribution in [1.82, 2.24) is 10.2 Å². The van der Waals surface area contributed by atoms with Crippen LogP contribution >= 0.6 is 15.9 Å². The number of amides is 1. The monoisotopic (exact) mass is 458 g/mol. The molecule has 0 aliphatic carbocycles. The fraction of sp³-hybridized carbons (Fsp3) is 0.556. The minimum Gasteiger partial charge on any atom is -0.462 e. The number of ether oxygens (including phenoxy) is 2. The van der Waals surface area contributed by atoms with Crippen molar-refractivity contribution in [2.24, 2.45) is 0 Å². The number of benzene rings is 1. The number of piperazine rings is 1. The molecule has 0 atom stereocenters. The van der Waals surface area contributed by atoms with Crippen LogP contribution in [0.25, 0.3) is 0 Å². The van der Waals surface area contributed by atoms with Crippen LogP contribution < -0.4 is 10.1 Å². The van der Waals surface area contributed by atoms with Crippen LogP contribution in [0.15, 0.2) is 16.6 Å². The number of rotatable bonds is 5. The minimum atomic E-state index is -0.798. The van der Waals surface area contributed by atoms with Crippen LogP contribution in [0.5, 0.6) is 5.75 Å². The van der Waals surface area contributed by atoms with Gasteiger partial charge >= 0.3 is 17.7 Å². The van der Waals surface area contributed by atoms with E-state index >= 15 is 0 Å². The van der Waals surface area contributed by atoms with Gasteiger partial charge in [0, 0.05) is 36.7 Å². The van der Waals surface area contributed by atoms with E-state index in [1.165, 1.54) is 17.0 Å². The molecule has 9 nitrogen and oxygen atoms in total. The molecule has 1 saturated heterocycles. The van der Waals surface area contributed by atoms with Gasteiger partial charge in [-0.05, 0) is 33.8 Å². The summed E-state index contributed by atoms with van der Waals surface area (Å²) in [4.78, 5) is 44.7. The SMILES string of the molecule is CCOC(=O)c1cc(Br)cc([N+](=O)OC(C)(C)C)c1OC(=O)N1CCNCC1. The van der Waals surface area contributed by atoms with Gasteiger partial charge in [0.25, 0.3) is 4.92 Å². The molecule has 1 aliphatic rings. The van der Waals surface area contributed by atoms with Crippen LogP contribution in [0.4, 0.5) is 10.5 Å². The lowest BCUT2D eigenvalue weighted by atomic mass is 10.1. The van der Waals surface area contributed by atoms with E-state index < -0.39 is 17.7 Å². The molecule has 0 radical (unpaired) electrons. The van der Waals surface area contributed by atoms with E-state index in [4.69, 9.17) is 14.3 Å². The van der Waals surface area contributed by atoms with E-state index in [1.807, 2.05) is 0 Å². The van der Waals surface area contributed by atoms with Gasteiger partial charge in [-0.15, -0.1) is 0 Å². The maximum absolute atomic E-state index is 12.6. The van der Waals surface area contributed by atoms with Gasteiger partial charge in [-0.1, -0.05) is 15.9 Å². The molecule has 1 aromatic carbocycles. The predicted octanol–water partition coefficient (Wildman–Crippen LogP) is 3.17. The normalized spacial score (nSPS) is 14.4. The van der Waals surface area contributed by atoms with Gasteiger partial charge in [-0.2, -0.15) is 0 Å². The van der Waals surface area contributed by atoms with Crippen molar-refractivity contribution in [1.29, 1.82) is 0 Å². The van der Waals surface area contributed by atoms with Crippen LogP contribution in [-0.2, 0) is 9.57 Å². The van der Waals surface area contributed by atoms with Crippen LogP contribution in [0, 0.1) is 4.91 Å². The van der Waals surface area contributed by atoms with Crippen molar-refractivity contribution in [2.75, 3.05) is 32.8 Å². The zero-order chi connectivity index (χ0) is 20.9. The maximum Gasteiger partial charge on any atom is 0.415 e.